The zero-order valence-corrected chi connectivity index (χ0v) is 11.3. The molecule has 2 unspecified atom stereocenters. The maximum absolute atomic E-state index is 12.5. The highest BCUT2D eigenvalue weighted by Gasteiger charge is 2.41. The number of nitro groups is 1. The van der Waals surface area contributed by atoms with Crippen molar-refractivity contribution in [2.24, 2.45) is 0 Å². The summed E-state index contributed by atoms with van der Waals surface area (Å²) < 4.78 is 34.2. The van der Waals surface area contributed by atoms with E-state index in [4.69, 9.17) is 4.74 Å². The maximum atomic E-state index is 12.5. The minimum Gasteiger partial charge on any atom is -0.435 e. The summed E-state index contributed by atoms with van der Waals surface area (Å²) in [5.74, 6) is -0.855. The molecule has 7 nitrogen and oxygen atoms in total. The summed E-state index contributed by atoms with van der Waals surface area (Å²) in [5.41, 5.74) is -0.514. The van der Waals surface area contributed by atoms with Crippen LogP contribution in [0.5, 0.6) is 5.75 Å². The number of nitro benzene ring substituents is 1. The molecule has 0 saturated carbocycles. The van der Waals surface area contributed by atoms with E-state index in [1.807, 2.05) is 0 Å². The summed E-state index contributed by atoms with van der Waals surface area (Å²) in [6, 6.07) is 2.94. The standard InChI is InChI=1S/C13H12F2N2O5/c14-13(15)22-10-2-7(1-8(3-10)17(19)20)12(18)16-5-11-4-9(16)6-21-11/h1-3,9,11,13H,4-6H2. The minimum absolute atomic E-state index is 0.0237. The number of morpholine rings is 1. The predicted molar refractivity (Wildman–Crippen MR) is 68.9 cm³/mol. The van der Waals surface area contributed by atoms with Gasteiger partial charge in [-0.2, -0.15) is 8.78 Å². The van der Waals surface area contributed by atoms with Crippen LogP contribution in [0.15, 0.2) is 18.2 Å². The number of rotatable bonds is 4. The van der Waals surface area contributed by atoms with Crippen LogP contribution in [-0.2, 0) is 4.74 Å². The van der Waals surface area contributed by atoms with Gasteiger partial charge in [-0.25, -0.2) is 0 Å². The summed E-state index contributed by atoms with van der Waals surface area (Å²) >= 11 is 0. The number of halogens is 2. The number of fused-ring (bicyclic) bond motifs is 2. The monoisotopic (exact) mass is 314 g/mol. The first-order chi connectivity index (χ1) is 10.4. The van der Waals surface area contributed by atoms with Crippen LogP contribution in [0.3, 0.4) is 0 Å². The van der Waals surface area contributed by atoms with E-state index in [-0.39, 0.29) is 17.7 Å². The summed E-state index contributed by atoms with van der Waals surface area (Å²) in [5, 5.41) is 10.9. The van der Waals surface area contributed by atoms with Crippen molar-refractivity contribution >= 4 is 11.6 Å². The third-order valence-corrected chi connectivity index (χ3v) is 3.74. The molecular weight excluding hydrogens is 302 g/mol. The van der Waals surface area contributed by atoms with Crippen molar-refractivity contribution in [2.75, 3.05) is 13.2 Å². The molecule has 2 aliphatic heterocycles. The van der Waals surface area contributed by atoms with Crippen LogP contribution in [0.25, 0.3) is 0 Å². The summed E-state index contributed by atoms with van der Waals surface area (Å²) in [4.78, 5) is 24.1. The van der Waals surface area contributed by atoms with Gasteiger partial charge < -0.3 is 14.4 Å². The molecule has 9 heteroatoms. The van der Waals surface area contributed by atoms with Gasteiger partial charge in [-0.1, -0.05) is 0 Å². The molecule has 1 aromatic carbocycles. The molecule has 0 radical (unpaired) electrons. The highest BCUT2D eigenvalue weighted by atomic mass is 19.3. The predicted octanol–water partition coefficient (Wildman–Crippen LogP) is 1.81. The van der Waals surface area contributed by atoms with Gasteiger partial charge in [0, 0.05) is 12.6 Å². The molecular formula is C13H12F2N2O5. The Morgan fingerprint density at radius 2 is 2.23 bits per heavy atom. The average molecular weight is 314 g/mol. The Morgan fingerprint density at radius 1 is 1.45 bits per heavy atom. The number of ether oxygens (including phenoxy) is 2. The lowest BCUT2D eigenvalue weighted by Gasteiger charge is -2.27. The Labute approximate surface area is 123 Å². The minimum atomic E-state index is -3.12. The molecule has 2 atom stereocenters. The number of non-ortho nitro benzene ring substituents is 1. The van der Waals surface area contributed by atoms with Crippen LogP contribution in [0.1, 0.15) is 16.8 Å². The third kappa shape index (κ3) is 2.71. The SMILES string of the molecule is O=C(c1cc(OC(F)F)cc([N+](=O)[O-])c1)N1CC2CC1CO2. The van der Waals surface area contributed by atoms with Gasteiger partial charge in [0.2, 0.25) is 0 Å². The Kier molecular flexibility index (Phi) is 3.65. The Morgan fingerprint density at radius 3 is 2.77 bits per heavy atom. The topological polar surface area (TPSA) is 81.9 Å². The molecule has 0 aromatic heterocycles. The van der Waals surface area contributed by atoms with Crippen molar-refractivity contribution in [3.8, 4) is 5.75 Å². The Hall–Kier alpha value is -2.29. The van der Waals surface area contributed by atoms with Gasteiger partial charge in [-0.15, -0.1) is 0 Å². The fourth-order valence-corrected chi connectivity index (χ4v) is 2.80. The Bertz CT molecular complexity index is 624. The van der Waals surface area contributed by atoms with Gasteiger partial charge in [0.1, 0.15) is 5.75 Å². The zero-order chi connectivity index (χ0) is 15.9. The second kappa shape index (κ2) is 5.48. The second-order valence-electron chi connectivity index (χ2n) is 5.15. The molecule has 0 spiro atoms. The van der Waals surface area contributed by atoms with E-state index in [1.54, 1.807) is 4.90 Å². The van der Waals surface area contributed by atoms with Crippen molar-refractivity contribution in [1.29, 1.82) is 0 Å². The van der Waals surface area contributed by atoms with Crippen molar-refractivity contribution in [3.63, 3.8) is 0 Å². The smallest absolute Gasteiger partial charge is 0.387 e. The molecule has 2 saturated heterocycles. The van der Waals surface area contributed by atoms with E-state index in [0.717, 1.165) is 24.6 Å². The van der Waals surface area contributed by atoms with Crippen LogP contribution < -0.4 is 4.74 Å². The molecule has 1 amide bonds. The lowest BCUT2D eigenvalue weighted by atomic mass is 10.1. The molecule has 118 valence electrons. The number of hydrogen-bond acceptors (Lipinski definition) is 5. The van der Waals surface area contributed by atoms with E-state index in [0.29, 0.717) is 13.2 Å². The van der Waals surface area contributed by atoms with E-state index in [1.165, 1.54) is 0 Å². The largest absolute Gasteiger partial charge is 0.435 e. The number of alkyl halides is 2. The molecule has 0 aliphatic carbocycles. The van der Waals surface area contributed by atoms with Gasteiger partial charge in [-0.05, 0) is 12.5 Å². The van der Waals surface area contributed by atoms with E-state index in [2.05, 4.69) is 4.74 Å². The van der Waals surface area contributed by atoms with Crippen molar-refractivity contribution in [2.45, 2.75) is 25.2 Å². The van der Waals surface area contributed by atoms with Crippen molar-refractivity contribution in [1.82, 2.24) is 4.90 Å². The van der Waals surface area contributed by atoms with Crippen LogP contribution in [0, 0.1) is 10.1 Å². The van der Waals surface area contributed by atoms with Crippen LogP contribution in [0.4, 0.5) is 14.5 Å². The lowest BCUT2D eigenvalue weighted by Crippen LogP contribution is -2.41. The number of likely N-dealkylation sites (tertiary alicyclic amines) is 1. The van der Waals surface area contributed by atoms with Gasteiger partial charge in [-0.3, -0.25) is 14.9 Å². The van der Waals surface area contributed by atoms with Crippen LogP contribution in [-0.4, -0.2) is 47.6 Å². The molecule has 2 heterocycles. The number of benzene rings is 1. The highest BCUT2D eigenvalue weighted by molar-refractivity contribution is 5.95. The molecule has 2 bridgehead atoms. The summed E-state index contributed by atoms with van der Waals surface area (Å²) in [6.45, 7) is -2.30. The molecule has 3 rings (SSSR count). The summed E-state index contributed by atoms with van der Waals surface area (Å²) in [6.07, 6.45) is 0.700. The van der Waals surface area contributed by atoms with Crippen LogP contribution in [0.2, 0.25) is 0 Å². The molecule has 0 N–H and O–H groups in total. The first-order valence-electron chi connectivity index (χ1n) is 6.61. The quantitative estimate of drug-likeness (QED) is 0.625. The van der Waals surface area contributed by atoms with E-state index in [9.17, 15) is 23.7 Å². The molecule has 22 heavy (non-hydrogen) atoms. The van der Waals surface area contributed by atoms with Crippen LogP contribution >= 0.6 is 0 Å². The van der Waals surface area contributed by atoms with Gasteiger partial charge in [0.15, 0.2) is 0 Å². The molecule has 2 aliphatic rings. The van der Waals surface area contributed by atoms with Crippen molar-refractivity contribution in [3.05, 3.63) is 33.9 Å². The fraction of sp³-hybridized carbons (Fsp3) is 0.462. The number of amides is 1. The first kappa shape index (κ1) is 14.6. The molecule has 2 fully saturated rings. The first-order valence-corrected chi connectivity index (χ1v) is 6.61. The normalized spacial score (nSPS) is 23.1. The fourth-order valence-electron chi connectivity index (χ4n) is 2.80. The molecule has 1 aromatic rings. The number of nitrogens with zero attached hydrogens (tertiary/aromatic N) is 2. The Balaban J connectivity index is 1.89. The number of hydrogen-bond donors (Lipinski definition) is 0. The second-order valence-corrected chi connectivity index (χ2v) is 5.15. The third-order valence-electron chi connectivity index (χ3n) is 3.74. The van der Waals surface area contributed by atoms with E-state index < -0.39 is 28.9 Å². The lowest BCUT2D eigenvalue weighted by molar-refractivity contribution is -0.385. The maximum Gasteiger partial charge on any atom is 0.387 e. The highest BCUT2D eigenvalue weighted by Crippen LogP contribution is 2.31. The van der Waals surface area contributed by atoms with Gasteiger partial charge >= 0.3 is 6.61 Å². The van der Waals surface area contributed by atoms with E-state index >= 15 is 0 Å². The van der Waals surface area contributed by atoms with Crippen molar-refractivity contribution < 1.29 is 28.0 Å². The number of carbonyl (C=O) groups excluding carboxylic acids is 1. The average Bonchev–Trinajstić information content (AvgIpc) is 3.08. The number of carbonyl (C=O) groups is 1. The zero-order valence-electron chi connectivity index (χ0n) is 11.3. The van der Waals surface area contributed by atoms with Gasteiger partial charge in [0.05, 0.1) is 35.3 Å². The van der Waals surface area contributed by atoms with Gasteiger partial charge in [0.25, 0.3) is 11.6 Å². The summed E-state index contributed by atoms with van der Waals surface area (Å²) in [7, 11) is 0.